The largest absolute Gasteiger partial charge is 0.453 e. The summed E-state index contributed by atoms with van der Waals surface area (Å²) in [4.78, 5) is 10.00. The molecule has 0 rings (SSSR count). The molecule has 0 aromatic carbocycles. The van der Waals surface area contributed by atoms with Crippen molar-refractivity contribution in [2.75, 3.05) is 6.61 Å². The molecule has 0 fully saturated rings. The van der Waals surface area contributed by atoms with E-state index >= 15 is 0 Å². The molecule has 58 valence electrons. The van der Waals surface area contributed by atoms with Gasteiger partial charge in [-0.2, -0.15) is 0 Å². The molecule has 0 saturated carbocycles. The monoisotopic (exact) mass is 162 g/mol. The molecule has 0 radical (unpaired) electrons. The molecule has 0 spiro atoms. The van der Waals surface area contributed by atoms with Gasteiger partial charge in [0.15, 0.2) is 0 Å². The van der Waals surface area contributed by atoms with E-state index in [2.05, 4.69) is 4.74 Å². The maximum absolute atomic E-state index is 10.00. The van der Waals surface area contributed by atoms with Crippen molar-refractivity contribution in [2.45, 2.75) is 19.8 Å². The van der Waals surface area contributed by atoms with Gasteiger partial charge in [-0.25, -0.2) is 4.79 Å². The molecule has 2 nitrogen and oxygen atoms in total. The Labute approximate surface area is 65.8 Å². The van der Waals surface area contributed by atoms with E-state index in [-0.39, 0.29) is 0 Å². The van der Waals surface area contributed by atoms with Crippen LogP contribution >= 0.6 is 11.6 Å². The maximum atomic E-state index is 10.00. The van der Waals surface area contributed by atoms with E-state index in [1.165, 1.54) is 0 Å². The molecule has 0 aliphatic carbocycles. The van der Waals surface area contributed by atoms with Gasteiger partial charge in [0.2, 0.25) is 0 Å². The van der Waals surface area contributed by atoms with Crippen LogP contribution in [0, 0.1) is 0 Å². The Kier molecular flexibility index (Phi) is 6.29. The highest BCUT2D eigenvalue weighted by atomic mass is 35.5. The smallest absolute Gasteiger partial charge is 0.403 e. The summed E-state index contributed by atoms with van der Waals surface area (Å²) in [6.07, 6.45) is 5.73. The average Bonchev–Trinajstić information content (AvgIpc) is 1.87. The summed E-state index contributed by atoms with van der Waals surface area (Å²) in [7, 11) is 0. The number of ether oxygens (including phenoxy) is 1. The number of halogens is 1. The van der Waals surface area contributed by atoms with Gasteiger partial charge >= 0.3 is 5.43 Å². The van der Waals surface area contributed by atoms with Crippen molar-refractivity contribution in [2.24, 2.45) is 0 Å². The van der Waals surface area contributed by atoms with Crippen molar-refractivity contribution in [3.05, 3.63) is 12.2 Å². The lowest BCUT2D eigenvalue weighted by Gasteiger charge is -1.93. The molecular weight excluding hydrogens is 152 g/mol. The Morgan fingerprint density at radius 2 is 2.30 bits per heavy atom. The van der Waals surface area contributed by atoms with E-state index in [1.54, 1.807) is 0 Å². The fourth-order valence-corrected chi connectivity index (χ4v) is 0.569. The van der Waals surface area contributed by atoms with Crippen LogP contribution in [-0.4, -0.2) is 12.0 Å². The van der Waals surface area contributed by atoms with Gasteiger partial charge in [0.05, 0.1) is 6.61 Å². The highest BCUT2D eigenvalue weighted by Crippen LogP contribution is 1.91. The van der Waals surface area contributed by atoms with E-state index in [0.717, 1.165) is 12.8 Å². The van der Waals surface area contributed by atoms with Crippen molar-refractivity contribution < 1.29 is 9.53 Å². The minimum absolute atomic E-state index is 0.374. The summed E-state index contributed by atoms with van der Waals surface area (Å²) in [5.74, 6) is 0. The quantitative estimate of drug-likeness (QED) is 0.361. The Hall–Kier alpha value is -0.500. The van der Waals surface area contributed by atoms with Crippen LogP contribution in [0.1, 0.15) is 19.8 Å². The third-order valence-corrected chi connectivity index (χ3v) is 1.01. The first kappa shape index (κ1) is 9.50. The zero-order chi connectivity index (χ0) is 7.82. The normalized spacial score (nSPS) is 10.2. The molecule has 0 aliphatic rings. The third-order valence-electron chi connectivity index (χ3n) is 0.902. The second-order valence-corrected chi connectivity index (χ2v) is 2.06. The molecule has 0 atom stereocenters. The fraction of sp³-hybridized carbons (Fsp3) is 0.571. The zero-order valence-electron chi connectivity index (χ0n) is 5.97. The number of carbonyl (C=O) groups excluding carboxylic acids is 1. The Balaban J connectivity index is 3.05. The molecule has 10 heavy (non-hydrogen) atoms. The Morgan fingerprint density at radius 1 is 1.60 bits per heavy atom. The van der Waals surface area contributed by atoms with Crippen LogP contribution < -0.4 is 0 Å². The van der Waals surface area contributed by atoms with Gasteiger partial charge in [-0.1, -0.05) is 19.1 Å². The van der Waals surface area contributed by atoms with E-state index in [0.29, 0.717) is 6.61 Å². The minimum Gasteiger partial charge on any atom is -0.453 e. The predicted molar refractivity (Wildman–Crippen MR) is 41.2 cm³/mol. The third kappa shape index (κ3) is 7.50. The highest BCUT2D eigenvalue weighted by Gasteiger charge is 1.90. The molecule has 0 aromatic heterocycles. The van der Waals surface area contributed by atoms with Crippen molar-refractivity contribution >= 4 is 17.0 Å². The predicted octanol–water partition coefficient (Wildman–Crippen LogP) is 2.72. The summed E-state index contributed by atoms with van der Waals surface area (Å²) in [6.45, 7) is 2.42. The SMILES string of the molecule is CC/C=C/CCOC(=O)Cl. The van der Waals surface area contributed by atoms with Crippen LogP contribution in [0.25, 0.3) is 0 Å². The minimum atomic E-state index is -0.732. The van der Waals surface area contributed by atoms with E-state index in [4.69, 9.17) is 11.6 Å². The summed E-state index contributed by atoms with van der Waals surface area (Å²) in [6, 6.07) is 0. The van der Waals surface area contributed by atoms with Gasteiger partial charge in [0.25, 0.3) is 0 Å². The molecule has 0 saturated heterocycles. The summed E-state index contributed by atoms with van der Waals surface area (Å²) >= 11 is 4.91. The van der Waals surface area contributed by atoms with Crippen LogP contribution in [0.5, 0.6) is 0 Å². The van der Waals surface area contributed by atoms with Crippen LogP contribution in [0.2, 0.25) is 0 Å². The lowest BCUT2D eigenvalue weighted by molar-refractivity contribution is 0.175. The van der Waals surface area contributed by atoms with Gasteiger partial charge in [-0.15, -0.1) is 0 Å². The van der Waals surface area contributed by atoms with Crippen LogP contribution in [-0.2, 0) is 4.74 Å². The van der Waals surface area contributed by atoms with E-state index in [9.17, 15) is 4.79 Å². The lowest BCUT2D eigenvalue weighted by Crippen LogP contribution is -1.94. The first-order chi connectivity index (χ1) is 4.77. The molecule has 0 amide bonds. The zero-order valence-corrected chi connectivity index (χ0v) is 6.73. The topological polar surface area (TPSA) is 26.3 Å². The fourth-order valence-electron chi connectivity index (χ4n) is 0.492. The number of allylic oxidation sites excluding steroid dienone is 1. The van der Waals surface area contributed by atoms with Crippen LogP contribution in [0.3, 0.4) is 0 Å². The summed E-state index contributed by atoms with van der Waals surface area (Å²) in [5, 5.41) is 0. The molecule has 0 aromatic rings. The molecule has 3 heteroatoms. The second kappa shape index (κ2) is 6.62. The van der Waals surface area contributed by atoms with Gasteiger partial charge in [0, 0.05) is 11.6 Å². The molecule has 0 unspecified atom stereocenters. The van der Waals surface area contributed by atoms with Gasteiger partial charge in [0.1, 0.15) is 0 Å². The first-order valence-electron chi connectivity index (χ1n) is 3.24. The van der Waals surface area contributed by atoms with E-state index < -0.39 is 5.43 Å². The molecular formula is C7H11ClO2. The first-order valence-corrected chi connectivity index (χ1v) is 3.62. The van der Waals surface area contributed by atoms with Gasteiger partial charge in [-0.05, 0) is 12.8 Å². The van der Waals surface area contributed by atoms with E-state index in [1.807, 2.05) is 19.1 Å². The number of rotatable bonds is 4. The number of carbonyl (C=O) groups is 1. The summed E-state index contributed by atoms with van der Waals surface area (Å²) in [5.41, 5.74) is -0.732. The number of hydrogen-bond acceptors (Lipinski definition) is 2. The average molecular weight is 163 g/mol. The van der Waals surface area contributed by atoms with Gasteiger partial charge < -0.3 is 4.74 Å². The molecule has 0 heterocycles. The number of hydrogen-bond donors (Lipinski definition) is 0. The van der Waals surface area contributed by atoms with Crippen LogP contribution in [0.15, 0.2) is 12.2 Å². The van der Waals surface area contributed by atoms with Crippen molar-refractivity contribution in [1.82, 2.24) is 0 Å². The Morgan fingerprint density at radius 3 is 2.80 bits per heavy atom. The van der Waals surface area contributed by atoms with Gasteiger partial charge in [-0.3, -0.25) is 0 Å². The second-order valence-electron chi connectivity index (χ2n) is 1.75. The van der Waals surface area contributed by atoms with Crippen molar-refractivity contribution in [3.8, 4) is 0 Å². The molecule has 0 N–H and O–H groups in total. The lowest BCUT2D eigenvalue weighted by atomic mass is 10.3. The maximum Gasteiger partial charge on any atom is 0.403 e. The standard InChI is InChI=1S/C7H11ClO2/c1-2-3-4-5-6-10-7(8)9/h3-4H,2,5-6H2,1H3/b4-3+. The van der Waals surface area contributed by atoms with Crippen LogP contribution in [0.4, 0.5) is 4.79 Å². The Bertz CT molecular complexity index is 121. The van der Waals surface area contributed by atoms with Crippen molar-refractivity contribution in [1.29, 1.82) is 0 Å². The van der Waals surface area contributed by atoms with Crippen molar-refractivity contribution in [3.63, 3.8) is 0 Å². The molecule has 0 bridgehead atoms. The summed E-state index contributed by atoms with van der Waals surface area (Å²) < 4.78 is 4.46. The highest BCUT2D eigenvalue weighted by molar-refractivity contribution is 6.61. The molecule has 0 aliphatic heterocycles.